The Morgan fingerprint density at radius 3 is 0.814 bits per heavy atom. The predicted molar refractivity (Wildman–Crippen MR) is 196 cm³/mol. The highest BCUT2D eigenvalue weighted by atomic mass is 15.4. The van der Waals surface area contributed by atoms with E-state index in [1.165, 1.54) is 225 Å². The molecule has 1 aliphatic heterocycles. The maximum atomic E-state index is 2.72. The van der Waals surface area contributed by atoms with Gasteiger partial charge in [-0.1, -0.05) is 207 Å². The largest absolute Gasteiger partial charge is 0.356 e. The smallest absolute Gasteiger partial charge is 0.101 e. The van der Waals surface area contributed by atoms with Gasteiger partial charge in [0.15, 0.2) is 0 Å². The highest BCUT2D eigenvalue weighted by Crippen LogP contribution is 2.24. The summed E-state index contributed by atoms with van der Waals surface area (Å²) in [6, 6.07) is 0. The lowest BCUT2D eigenvalue weighted by Crippen LogP contribution is -2.39. The Bertz CT molecular complexity index is 558. The molecule has 0 aromatic rings. The number of nitrogens with zero attached hydrogens (tertiary/aromatic N) is 2. The van der Waals surface area contributed by atoms with Crippen molar-refractivity contribution in [2.45, 2.75) is 239 Å². The second kappa shape index (κ2) is 32.7. The van der Waals surface area contributed by atoms with Gasteiger partial charge >= 0.3 is 0 Å². The van der Waals surface area contributed by atoms with E-state index in [-0.39, 0.29) is 0 Å². The molecule has 0 saturated carbocycles. The maximum absolute atomic E-state index is 2.72. The van der Waals surface area contributed by atoms with E-state index >= 15 is 0 Å². The Hall–Kier alpha value is -0.660. The molecule has 1 heterocycles. The third-order valence-corrected chi connectivity index (χ3v) is 10.1. The van der Waals surface area contributed by atoms with Crippen LogP contribution in [-0.4, -0.2) is 29.1 Å². The van der Waals surface area contributed by atoms with Gasteiger partial charge in [-0.15, -0.1) is 0 Å². The second-order valence-electron chi connectivity index (χ2n) is 14.3. The molecule has 0 aromatic carbocycles. The van der Waals surface area contributed by atoms with Crippen LogP contribution in [0.1, 0.15) is 233 Å². The molecule has 0 fully saturated rings. The minimum atomic E-state index is 0.639. The van der Waals surface area contributed by atoms with E-state index in [2.05, 4.69) is 43.0 Å². The Balaban J connectivity index is 2.21. The molecule has 2 heteroatoms. The van der Waals surface area contributed by atoms with Gasteiger partial charge in [0.2, 0.25) is 0 Å². The van der Waals surface area contributed by atoms with Crippen molar-refractivity contribution in [1.82, 2.24) is 9.80 Å². The molecule has 0 aliphatic carbocycles. The van der Waals surface area contributed by atoms with Crippen molar-refractivity contribution in [2.24, 2.45) is 0 Å². The van der Waals surface area contributed by atoms with Crippen molar-refractivity contribution in [1.29, 1.82) is 0 Å². The van der Waals surface area contributed by atoms with Crippen LogP contribution in [0.4, 0.5) is 0 Å². The third kappa shape index (κ3) is 25.2. The first kappa shape index (κ1) is 40.4. The van der Waals surface area contributed by atoms with Crippen LogP contribution in [0.15, 0.2) is 12.4 Å². The van der Waals surface area contributed by atoms with Gasteiger partial charge < -0.3 is 9.80 Å². The summed E-state index contributed by atoms with van der Waals surface area (Å²) in [5.41, 5.74) is 0. The SMILES string of the molecule is CCCCCCCCCCCCCCCCC1N(CCCCCCCCCC)C=CN1CCCCCCCCCCCC. The lowest BCUT2D eigenvalue weighted by atomic mass is 10.0. The number of hydrogen-bond acceptors (Lipinski definition) is 2. The summed E-state index contributed by atoms with van der Waals surface area (Å²) >= 11 is 0. The minimum absolute atomic E-state index is 0.639. The molecule has 43 heavy (non-hydrogen) atoms. The summed E-state index contributed by atoms with van der Waals surface area (Å²) < 4.78 is 0. The van der Waals surface area contributed by atoms with Crippen molar-refractivity contribution in [3.63, 3.8) is 0 Å². The highest BCUT2D eigenvalue weighted by molar-refractivity contribution is 4.97. The van der Waals surface area contributed by atoms with Gasteiger partial charge in [0.1, 0.15) is 6.17 Å². The fraction of sp³-hybridized carbons (Fsp3) is 0.951. The lowest BCUT2D eigenvalue weighted by Gasteiger charge is -2.33. The summed E-state index contributed by atoms with van der Waals surface area (Å²) in [4.78, 5) is 5.44. The van der Waals surface area contributed by atoms with Crippen molar-refractivity contribution < 1.29 is 0 Å². The van der Waals surface area contributed by atoms with Gasteiger partial charge in [0.05, 0.1) is 0 Å². The predicted octanol–water partition coefficient (Wildman–Crippen LogP) is 14.3. The zero-order chi connectivity index (χ0) is 30.9. The third-order valence-electron chi connectivity index (χ3n) is 10.1. The van der Waals surface area contributed by atoms with Crippen LogP contribution in [0.3, 0.4) is 0 Å². The van der Waals surface area contributed by atoms with Gasteiger partial charge in [-0.25, -0.2) is 0 Å². The molecule has 0 saturated heterocycles. The topological polar surface area (TPSA) is 6.48 Å². The van der Waals surface area contributed by atoms with Gasteiger partial charge in [0.25, 0.3) is 0 Å². The van der Waals surface area contributed by atoms with Crippen molar-refractivity contribution in [3.8, 4) is 0 Å². The van der Waals surface area contributed by atoms with Crippen LogP contribution in [-0.2, 0) is 0 Å². The van der Waals surface area contributed by atoms with Crippen LogP contribution in [0.2, 0.25) is 0 Å². The van der Waals surface area contributed by atoms with Gasteiger partial charge in [0, 0.05) is 25.5 Å². The van der Waals surface area contributed by atoms with Gasteiger partial charge in [-0.3, -0.25) is 0 Å². The van der Waals surface area contributed by atoms with Gasteiger partial charge in [-0.2, -0.15) is 0 Å². The molecule has 1 aliphatic rings. The van der Waals surface area contributed by atoms with Crippen LogP contribution in [0, 0.1) is 0 Å². The first-order valence-electron chi connectivity index (χ1n) is 20.5. The van der Waals surface area contributed by atoms with Crippen molar-refractivity contribution >= 4 is 0 Å². The number of unbranched alkanes of at least 4 members (excludes halogenated alkanes) is 29. The average Bonchev–Trinajstić information content (AvgIpc) is 3.40. The summed E-state index contributed by atoms with van der Waals surface area (Å²) in [5, 5.41) is 0. The van der Waals surface area contributed by atoms with E-state index in [4.69, 9.17) is 0 Å². The van der Waals surface area contributed by atoms with E-state index in [1.807, 2.05) is 0 Å². The highest BCUT2D eigenvalue weighted by Gasteiger charge is 2.24. The average molecular weight is 603 g/mol. The molecule has 0 N–H and O–H groups in total. The molecule has 1 atom stereocenters. The first-order chi connectivity index (χ1) is 21.3. The normalized spacial score (nSPS) is 14.9. The molecule has 0 aromatic heterocycles. The molecule has 0 bridgehead atoms. The lowest BCUT2D eigenvalue weighted by molar-refractivity contribution is 0.135. The van der Waals surface area contributed by atoms with Crippen LogP contribution in [0.5, 0.6) is 0 Å². The Morgan fingerprint density at radius 2 is 0.535 bits per heavy atom. The van der Waals surface area contributed by atoms with Crippen LogP contribution >= 0.6 is 0 Å². The Morgan fingerprint density at radius 1 is 0.302 bits per heavy atom. The monoisotopic (exact) mass is 603 g/mol. The molecular weight excluding hydrogens is 520 g/mol. The summed E-state index contributed by atoms with van der Waals surface area (Å²) in [7, 11) is 0. The molecule has 256 valence electrons. The van der Waals surface area contributed by atoms with Crippen molar-refractivity contribution in [3.05, 3.63) is 12.4 Å². The molecule has 0 radical (unpaired) electrons. The Labute approximate surface area is 273 Å². The standard InChI is InChI=1S/C41H82N2/c1-4-7-10-13-16-19-21-22-23-24-25-27-30-33-36-41-42(37-34-31-28-18-15-12-9-6-3)39-40-43(41)38-35-32-29-26-20-17-14-11-8-5-2/h39-41H,4-38H2,1-3H3. The molecular formula is C41H82N2. The minimum Gasteiger partial charge on any atom is -0.356 e. The zero-order valence-electron chi connectivity index (χ0n) is 30.4. The number of rotatable bonds is 35. The molecule has 2 nitrogen and oxygen atoms in total. The Kier molecular flexibility index (Phi) is 30.7. The quantitative estimate of drug-likeness (QED) is 0.0666. The van der Waals surface area contributed by atoms with Crippen LogP contribution < -0.4 is 0 Å². The van der Waals surface area contributed by atoms with E-state index < -0.39 is 0 Å². The van der Waals surface area contributed by atoms with Gasteiger partial charge in [-0.05, 0) is 25.7 Å². The molecule has 0 amide bonds. The first-order valence-corrected chi connectivity index (χ1v) is 20.5. The molecule has 1 rings (SSSR count). The second-order valence-corrected chi connectivity index (χ2v) is 14.3. The molecule has 1 unspecified atom stereocenters. The van der Waals surface area contributed by atoms with E-state index in [0.29, 0.717) is 6.17 Å². The zero-order valence-corrected chi connectivity index (χ0v) is 30.4. The maximum Gasteiger partial charge on any atom is 0.101 e. The molecule has 0 spiro atoms. The van der Waals surface area contributed by atoms with Crippen LogP contribution in [0.25, 0.3) is 0 Å². The van der Waals surface area contributed by atoms with Crippen molar-refractivity contribution in [2.75, 3.05) is 13.1 Å². The van der Waals surface area contributed by atoms with E-state index in [1.54, 1.807) is 0 Å². The summed E-state index contributed by atoms with van der Waals surface area (Å²) in [6.07, 6.45) is 52.9. The number of hydrogen-bond donors (Lipinski definition) is 0. The fourth-order valence-electron chi connectivity index (χ4n) is 7.07. The summed E-state index contributed by atoms with van der Waals surface area (Å²) in [6.45, 7) is 9.48. The summed E-state index contributed by atoms with van der Waals surface area (Å²) in [5.74, 6) is 0. The van der Waals surface area contributed by atoms with E-state index in [0.717, 1.165) is 0 Å². The fourth-order valence-corrected chi connectivity index (χ4v) is 7.07. The van der Waals surface area contributed by atoms with E-state index in [9.17, 15) is 0 Å².